The van der Waals surface area contributed by atoms with Crippen molar-refractivity contribution in [2.24, 2.45) is 0 Å². The van der Waals surface area contributed by atoms with Crippen LogP contribution in [0.2, 0.25) is 0 Å². The molecule has 0 bridgehead atoms. The van der Waals surface area contributed by atoms with Crippen LogP contribution in [0.25, 0.3) is 0 Å². The van der Waals surface area contributed by atoms with Crippen LogP contribution in [-0.4, -0.2) is 11.4 Å². The van der Waals surface area contributed by atoms with Gasteiger partial charge in [0.25, 0.3) is 0 Å². The van der Waals surface area contributed by atoms with Gasteiger partial charge in [0, 0.05) is 5.33 Å². The fraction of sp³-hybridized carbons (Fsp3) is 0.500. The normalized spacial score (nSPS) is 26.7. The van der Waals surface area contributed by atoms with Crippen LogP contribution in [0.1, 0.15) is 30.1 Å². The van der Waals surface area contributed by atoms with Crippen molar-refractivity contribution >= 4 is 15.9 Å². The molecule has 0 aromatic heterocycles. The third kappa shape index (κ3) is 2.18. The van der Waals surface area contributed by atoms with E-state index >= 15 is 0 Å². The van der Waals surface area contributed by atoms with Gasteiger partial charge in [-0.3, -0.25) is 0 Å². The lowest BCUT2D eigenvalue weighted by Gasteiger charge is -2.12. The average Bonchev–Trinajstić information content (AvgIpc) is 2.66. The van der Waals surface area contributed by atoms with Crippen molar-refractivity contribution in [3.05, 3.63) is 35.4 Å². The van der Waals surface area contributed by atoms with Crippen molar-refractivity contribution in [1.82, 2.24) is 0 Å². The first-order valence-corrected chi connectivity index (χ1v) is 6.19. The van der Waals surface area contributed by atoms with Gasteiger partial charge >= 0.3 is 0 Å². The lowest BCUT2D eigenvalue weighted by Crippen LogP contribution is -2.07. The highest BCUT2D eigenvalue weighted by Gasteiger charge is 2.25. The maximum atomic E-state index is 5.90. The van der Waals surface area contributed by atoms with E-state index in [4.69, 9.17) is 4.74 Å². The second kappa shape index (κ2) is 4.45. The first-order valence-electron chi connectivity index (χ1n) is 5.07. The van der Waals surface area contributed by atoms with Crippen LogP contribution in [-0.2, 0) is 4.74 Å². The summed E-state index contributed by atoms with van der Waals surface area (Å²) >= 11 is 3.47. The number of rotatable bonds is 2. The van der Waals surface area contributed by atoms with E-state index in [0.29, 0.717) is 12.2 Å². The fourth-order valence-electron chi connectivity index (χ4n) is 1.93. The molecule has 76 valence electrons. The van der Waals surface area contributed by atoms with Crippen molar-refractivity contribution in [3.8, 4) is 0 Å². The van der Waals surface area contributed by atoms with Crippen LogP contribution < -0.4 is 0 Å². The van der Waals surface area contributed by atoms with E-state index in [1.165, 1.54) is 17.5 Å². The summed E-state index contributed by atoms with van der Waals surface area (Å²) in [7, 11) is 0. The minimum atomic E-state index is 0.317. The molecule has 2 rings (SSSR count). The Morgan fingerprint density at radius 1 is 1.43 bits per heavy atom. The molecule has 0 N–H and O–H groups in total. The average molecular weight is 255 g/mol. The van der Waals surface area contributed by atoms with Gasteiger partial charge in [-0.25, -0.2) is 0 Å². The van der Waals surface area contributed by atoms with E-state index in [1.807, 2.05) is 0 Å². The van der Waals surface area contributed by atoms with Crippen molar-refractivity contribution in [2.45, 2.75) is 32.0 Å². The largest absolute Gasteiger partial charge is 0.369 e. The molecule has 1 aromatic carbocycles. The number of halogens is 1. The van der Waals surface area contributed by atoms with Gasteiger partial charge in [-0.15, -0.1) is 0 Å². The van der Waals surface area contributed by atoms with E-state index in [9.17, 15) is 0 Å². The highest BCUT2D eigenvalue weighted by Crippen LogP contribution is 2.33. The van der Waals surface area contributed by atoms with Crippen molar-refractivity contribution < 1.29 is 4.74 Å². The summed E-state index contributed by atoms with van der Waals surface area (Å²) in [5.41, 5.74) is 2.64. The Morgan fingerprint density at radius 3 is 2.93 bits per heavy atom. The molecule has 1 fully saturated rings. The third-order valence-electron chi connectivity index (χ3n) is 2.69. The Hall–Kier alpha value is -0.340. The Bertz CT molecular complexity index is 311. The Morgan fingerprint density at radius 2 is 2.29 bits per heavy atom. The zero-order valence-corrected chi connectivity index (χ0v) is 9.96. The minimum absolute atomic E-state index is 0.317. The number of aryl methyl sites for hydroxylation is 1. The Kier molecular flexibility index (Phi) is 3.24. The number of ether oxygens (including phenoxy) is 1. The van der Waals surface area contributed by atoms with Gasteiger partial charge in [-0.05, 0) is 25.3 Å². The second-order valence-electron chi connectivity index (χ2n) is 3.89. The summed E-state index contributed by atoms with van der Waals surface area (Å²) in [6.07, 6.45) is 3.04. The van der Waals surface area contributed by atoms with Gasteiger partial charge in [0.2, 0.25) is 0 Å². The van der Waals surface area contributed by atoms with Crippen LogP contribution in [0.5, 0.6) is 0 Å². The topological polar surface area (TPSA) is 9.23 Å². The quantitative estimate of drug-likeness (QED) is 0.733. The van der Waals surface area contributed by atoms with Crippen LogP contribution in [0.15, 0.2) is 24.3 Å². The van der Waals surface area contributed by atoms with Gasteiger partial charge in [-0.1, -0.05) is 45.8 Å². The van der Waals surface area contributed by atoms with Crippen LogP contribution in [0.4, 0.5) is 0 Å². The summed E-state index contributed by atoms with van der Waals surface area (Å²) in [6.45, 7) is 2.13. The SMILES string of the molecule is Cc1cccc([C@@H]2CC[C@H](CBr)O2)c1. The van der Waals surface area contributed by atoms with E-state index in [2.05, 4.69) is 47.1 Å². The molecule has 1 nitrogen and oxygen atoms in total. The zero-order valence-electron chi connectivity index (χ0n) is 8.37. The summed E-state index contributed by atoms with van der Waals surface area (Å²) in [5, 5.41) is 0.954. The van der Waals surface area contributed by atoms with Crippen molar-refractivity contribution in [3.63, 3.8) is 0 Å². The second-order valence-corrected chi connectivity index (χ2v) is 4.54. The third-order valence-corrected chi connectivity index (χ3v) is 3.42. The summed E-state index contributed by atoms with van der Waals surface area (Å²) < 4.78 is 5.90. The molecule has 1 saturated heterocycles. The predicted molar refractivity (Wildman–Crippen MR) is 61.8 cm³/mol. The first kappa shape index (κ1) is 10.2. The Labute approximate surface area is 93.6 Å². The number of hydrogen-bond donors (Lipinski definition) is 0. The highest BCUT2D eigenvalue weighted by molar-refractivity contribution is 9.09. The van der Waals surface area contributed by atoms with Crippen LogP contribution in [0.3, 0.4) is 0 Å². The smallest absolute Gasteiger partial charge is 0.0830 e. The highest BCUT2D eigenvalue weighted by atomic mass is 79.9. The molecule has 1 aliphatic heterocycles. The molecule has 0 spiro atoms. The predicted octanol–water partition coefficient (Wildman–Crippen LogP) is 3.61. The molecular weight excluding hydrogens is 240 g/mol. The molecular formula is C12H15BrO. The fourth-order valence-corrected chi connectivity index (χ4v) is 2.41. The zero-order chi connectivity index (χ0) is 9.97. The van der Waals surface area contributed by atoms with Crippen molar-refractivity contribution in [2.75, 3.05) is 5.33 Å². The molecule has 0 unspecified atom stereocenters. The van der Waals surface area contributed by atoms with Crippen LogP contribution in [0, 0.1) is 6.92 Å². The standard InChI is InChI=1S/C12H15BrO/c1-9-3-2-4-10(7-9)12-6-5-11(8-13)14-12/h2-4,7,11-12H,5-6,8H2,1H3/t11-,12+/m1/s1. The molecule has 0 saturated carbocycles. The van der Waals surface area contributed by atoms with E-state index in [0.717, 1.165) is 11.8 Å². The van der Waals surface area contributed by atoms with Gasteiger partial charge < -0.3 is 4.74 Å². The molecule has 1 aromatic rings. The van der Waals surface area contributed by atoms with Gasteiger partial charge in [0.1, 0.15) is 0 Å². The lowest BCUT2D eigenvalue weighted by atomic mass is 10.0. The molecule has 14 heavy (non-hydrogen) atoms. The number of alkyl halides is 1. The molecule has 1 aliphatic rings. The monoisotopic (exact) mass is 254 g/mol. The van der Waals surface area contributed by atoms with E-state index < -0.39 is 0 Å². The molecule has 2 heteroatoms. The maximum Gasteiger partial charge on any atom is 0.0830 e. The molecule has 0 aliphatic carbocycles. The lowest BCUT2D eigenvalue weighted by molar-refractivity contribution is 0.0588. The molecule has 0 amide bonds. The van der Waals surface area contributed by atoms with E-state index in [-0.39, 0.29) is 0 Å². The number of hydrogen-bond acceptors (Lipinski definition) is 1. The van der Waals surface area contributed by atoms with Gasteiger partial charge in [0.15, 0.2) is 0 Å². The maximum absolute atomic E-state index is 5.90. The minimum Gasteiger partial charge on any atom is -0.369 e. The summed E-state index contributed by atoms with van der Waals surface area (Å²) in [4.78, 5) is 0. The van der Waals surface area contributed by atoms with Crippen LogP contribution >= 0.6 is 15.9 Å². The molecule has 1 heterocycles. The summed E-state index contributed by atoms with van der Waals surface area (Å²) in [6, 6.07) is 8.62. The summed E-state index contributed by atoms with van der Waals surface area (Å²) in [5.74, 6) is 0. The number of benzene rings is 1. The van der Waals surface area contributed by atoms with Gasteiger partial charge in [0.05, 0.1) is 12.2 Å². The van der Waals surface area contributed by atoms with Crippen molar-refractivity contribution in [1.29, 1.82) is 0 Å². The Balaban J connectivity index is 2.09. The first-order chi connectivity index (χ1) is 6.79. The molecule has 0 radical (unpaired) electrons. The molecule has 2 atom stereocenters. The van der Waals surface area contributed by atoms with E-state index in [1.54, 1.807) is 0 Å². The van der Waals surface area contributed by atoms with Gasteiger partial charge in [-0.2, -0.15) is 0 Å².